The molecule has 0 saturated carbocycles. The molecule has 0 aliphatic carbocycles. The van der Waals surface area contributed by atoms with Crippen molar-refractivity contribution in [2.75, 3.05) is 18.4 Å². The van der Waals surface area contributed by atoms with Gasteiger partial charge in [-0.1, -0.05) is 12.1 Å². The first-order valence-corrected chi connectivity index (χ1v) is 9.82. The summed E-state index contributed by atoms with van der Waals surface area (Å²) in [6, 6.07) is 8.00. The van der Waals surface area contributed by atoms with Gasteiger partial charge in [0.05, 0.1) is 0 Å². The van der Waals surface area contributed by atoms with Gasteiger partial charge in [-0.3, -0.25) is 9.59 Å². The number of nitrogens with zero attached hydrogens (tertiary/aromatic N) is 2. The summed E-state index contributed by atoms with van der Waals surface area (Å²) in [5.41, 5.74) is 1.20. The summed E-state index contributed by atoms with van der Waals surface area (Å²) in [4.78, 5) is 24.1. The highest BCUT2D eigenvalue weighted by atomic mass is 32.2. The van der Waals surface area contributed by atoms with Crippen LogP contribution in [0.1, 0.15) is 40.6 Å². The quantitative estimate of drug-likeness (QED) is 0.812. The van der Waals surface area contributed by atoms with Gasteiger partial charge in [-0.05, 0) is 38.0 Å². The third-order valence-corrected chi connectivity index (χ3v) is 6.31. The van der Waals surface area contributed by atoms with Crippen LogP contribution in [-0.4, -0.2) is 42.1 Å². The zero-order valence-electron chi connectivity index (χ0n) is 14.7. The Balaban J connectivity index is 1.84. The molecule has 1 aliphatic rings. The number of Topliss-reactive ketones (excluding diaryl/α,β-unsaturated/α-hetero) is 1. The van der Waals surface area contributed by atoms with Crippen LogP contribution in [-0.2, 0) is 17.1 Å². The molecule has 2 heterocycles. The maximum absolute atomic E-state index is 12.6. The molecule has 7 nitrogen and oxygen atoms in total. The minimum Gasteiger partial charge on any atom is -0.345 e. The fourth-order valence-electron chi connectivity index (χ4n) is 2.99. The summed E-state index contributed by atoms with van der Waals surface area (Å²) in [6.07, 6.45) is 3.16. The lowest BCUT2D eigenvalue weighted by molar-refractivity contribution is 0.100. The molecule has 138 valence electrons. The largest absolute Gasteiger partial charge is 0.345 e. The van der Waals surface area contributed by atoms with E-state index in [0.29, 0.717) is 24.3 Å². The number of benzene rings is 1. The number of aromatic nitrogens is 1. The van der Waals surface area contributed by atoms with Crippen molar-refractivity contribution in [2.24, 2.45) is 7.05 Å². The lowest BCUT2D eigenvalue weighted by Gasteiger charge is -2.13. The standard InChI is InChI=1S/C18H21N3O4S/c1-13(22)14-6-5-7-15(10-14)19-18(23)17-11-16(12-20(17)2)26(24,25)21-8-3-4-9-21/h5-7,10-12H,3-4,8-9H2,1-2H3,(H,19,23). The van der Waals surface area contributed by atoms with Crippen LogP contribution >= 0.6 is 0 Å². The number of carbonyl (C=O) groups excluding carboxylic acids is 2. The van der Waals surface area contributed by atoms with E-state index >= 15 is 0 Å². The van der Waals surface area contributed by atoms with Gasteiger partial charge >= 0.3 is 0 Å². The molecule has 8 heteroatoms. The van der Waals surface area contributed by atoms with Gasteiger partial charge in [0.15, 0.2) is 5.78 Å². The van der Waals surface area contributed by atoms with Crippen LogP contribution in [0.3, 0.4) is 0 Å². The van der Waals surface area contributed by atoms with Crippen LogP contribution in [0.5, 0.6) is 0 Å². The zero-order valence-corrected chi connectivity index (χ0v) is 15.5. The number of rotatable bonds is 5. The van der Waals surface area contributed by atoms with Crippen LogP contribution in [0.2, 0.25) is 0 Å². The second kappa shape index (κ2) is 7.05. The molecule has 1 aromatic carbocycles. The summed E-state index contributed by atoms with van der Waals surface area (Å²) in [5, 5.41) is 2.71. The highest BCUT2D eigenvalue weighted by Crippen LogP contribution is 2.23. The van der Waals surface area contributed by atoms with Gasteiger partial charge in [-0.25, -0.2) is 8.42 Å². The van der Waals surface area contributed by atoms with Crippen molar-refractivity contribution in [3.8, 4) is 0 Å². The van der Waals surface area contributed by atoms with Gasteiger partial charge in [0.25, 0.3) is 5.91 Å². The molecule has 1 fully saturated rings. The number of nitrogens with one attached hydrogen (secondary N) is 1. The fourth-order valence-corrected chi connectivity index (χ4v) is 4.58. The van der Waals surface area contributed by atoms with E-state index in [1.54, 1.807) is 31.3 Å². The zero-order chi connectivity index (χ0) is 18.9. The van der Waals surface area contributed by atoms with Crippen molar-refractivity contribution < 1.29 is 18.0 Å². The van der Waals surface area contributed by atoms with Gasteiger partial charge < -0.3 is 9.88 Å². The Hall–Kier alpha value is -2.45. The smallest absolute Gasteiger partial charge is 0.272 e. The molecule has 1 saturated heterocycles. The van der Waals surface area contributed by atoms with Crippen LogP contribution < -0.4 is 5.32 Å². The van der Waals surface area contributed by atoms with Crippen molar-refractivity contribution in [1.29, 1.82) is 0 Å². The van der Waals surface area contributed by atoms with Crippen LogP contribution in [0.25, 0.3) is 0 Å². The van der Waals surface area contributed by atoms with E-state index in [0.717, 1.165) is 12.8 Å². The van der Waals surface area contributed by atoms with Crippen molar-refractivity contribution in [3.05, 3.63) is 47.8 Å². The Kier molecular flexibility index (Phi) is 4.97. The molecule has 1 N–H and O–H groups in total. The molecule has 1 amide bonds. The highest BCUT2D eigenvalue weighted by molar-refractivity contribution is 7.89. The van der Waals surface area contributed by atoms with Crippen LogP contribution in [0.15, 0.2) is 41.4 Å². The summed E-state index contributed by atoms with van der Waals surface area (Å²) in [6.45, 7) is 2.47. The second-order valence-electron chi connectivity index (χ2n) is 6.37. The number of aryl methyl sites for hydroxylation is 1. The predicted octanol–water partition coefficient (Wildman–Crippen LogP) is 2.26. The molecule has 0 radical (unpaired) electrons. The van der Waals surface area contributed by atoms with Gasteiger partial charge in [-0.2, -0.15) is 4.31 Å². The van der Waals surface area contributed by atoms with E-state index in [2.05, 4.69) is 5.32 Å². The van der Waals surface area contributed by atoms with Gasteiger partial charge in [0.2, 0.25) is 10.0 Å². The van der Waals surface area contributed by atoms with E-state index in [1.807, 2.05) is 0 Å². The first-order chi connectivity index (χ1) is 12.3. The maximum Gasteiger partial charge on any atom is 0.272 e. The molecule has 0 atom stereocenters. The molecule has 0 spiro atoms. The van der Waals surface area contributed by atoms with E-state index in [-0.39, 0.29) is 16.4 Å². The first kappa shape index (κ1) is 18.3. The van der Waals surface area contributed by atoms with E-state index in [9.17, 15) is 18.0 Å². The van der Waals surface area contributed by atoms with Crippen LogP contribution in [0.4, 0.5) is 5.69 Å². The SMILES string of the molecule is CC(=O)c1cccc(NC(=O)c2cc(S(=O)(=O)N3CCCC3)cn2C)c1. The minimum atomic E-state index is -3.58. The third-order valence-electron chi connectivity index (χ3n) is 4.44. The predicted molar refractivity (Wildman–Crippen MR) is 97.8 cm³/mol. The number of sulfonamides is 1. The van der Waals surface area contributed by atoms with Crippen molar-refractivity contribution in [1.82, 2.24) is 8.87 Å². The average molecular weight is 375 g/mol. The lowest BCUT2D eigenvalue weighted by atomic mass is 10.1. The molecule has 0 bridgehead atoms. The second-order valence-corrected chi connectivity index (χ2v) is 8.31. The number of hydrogen-bond acceptors (Lipinski definition) is 4. The Bertz CT molecular complexity index is 957. The molecule has 0 unspecified atom stereocenters. The Labute approximate surface area is 152 Å². The van der Waals surface area contributed by atoms with Crippen molar-refractivity contribution >= 4 is 27.4 Å². The summed E-state index contributed by atoms with van der Waals surface area (Å²) < 4.78 is 28.2. The maximum atomic E-state index is 12.6. The summed E-state index contributed by atoms with van der Waals surface area (Å²) >= 11 is 0. The first-order valence-electron chi connectivity index (χ1n) is 8.38. The minimum absolute atomic E-state index is 0.0982. The Morgan fingerprint density at radius 3 is 2.46 bits per heavy atom. The molecule has 1 aliphatic heterocycles. The molecular formula is C18H21N3O4S. The Morgan fingerprint density at radius 1 is 1.12 bits per heavy atom. The van der Waals surface area contributed by atoms with E-state index in [4.69, 9.17) is 0 Å². The topological polar surface area (TPSA) is 88.5 Å². The third kappa shape index (κ3) is 3.56. The number of anilines is 1. The van der Waals surface area contributed by atoms with E-state index < -0.39 is 15.9 Å². The average Bonchev–Trinajstić information content (AvgIpc) is 3.25. The van der Waals surface area contributed by atoms with E-state index in [1.165, 1.54) is 28.1 Å². The molecule has 1 aromatic heterocycles. The molecule has 2 aromatic rings. The highest BCUT2D eigenvalue weighted by Gasteiger charge is 2.29. The number of carbonyl (C=O) groups is 2. The van der Waals surface area contributed by atoms with Crippen molar-refractivity contribution in [3.63, 3.8) is 0 Å². The van der Waals surface area contributed by atoms with Gasteiger partial charge in [0, 0.05) is 37.6 Å². The molecule has 3 rings (SSSR count). The Morgan fingerprint density at radius 2 is 1.81 bits per heavy atom. The lowest BCUT2D eigenvalue weighted by Crippen LogP contribution is -2.27. The summed E-state index contributed by atoms with van der Waals surface area (Å²) in [7, 11) is -1.95. The summed E-state index contributed by atoms with van der Waals surface area (Å²) in [5.74, 6) is -0.532. The van der Waals surface area contributed by atoms with Crippen molar-refractivity contribution in [2.45, 2.75) is 24.7 Å². The number of hydrogen-bond donors (Lipinski definition) is 1. The number of amides is 1. The van der Waals surface area contributed by atoms with Crippen LogP contribution in [0, 0.1) is 0 Å². The fraction of sp³-hybridized carbons (Fsp3) is 0.333. The van der Waals surface area contributed by atoms with Gasteiger partial charge in [0.1, 0.15) is 10.6 Å². The van der Waals surface area contributed by atoms with Gasteiger partial charge in [-0.15, -0.1) is 0 Å². The normalized spacial score (nSPS) is 15.2. The monoisotopic (exact) mass is 375 g/mol. The molecular weight excluding hydrogens is 354 g/mol. The molecule has 26 heavy (non-hydrogen) atoms. The number of ketones is 1.